The number of rotatable bonds is 7. The molecule has 0 saturated carbocycles. The molecule has 5 nitrogen and oxygen atoms in total. The molecule has 0 saturated heterocycles. The average Bonchev–Trinajstić information content (AvgIpc) is 3.17. The maximum Gasteiger partial charge on any atom is 0.265 e. The molecule has 32 heavy (non-hydrogen) atoms. The fourth-order valence-corrected chi connectivity index (χ4v) is 3.39. The Morgan fingerprint density at radius 2 is 1.72 bits per heavy atom. The van der Waals surface area contributed by atoms with Crippen LogP contribution in [0.25, 0.3) is 11.0 Å². The summed E-state index contributed by atoms with van der Waals surface area (Å²) in [4.78, 5) is 26.2. The van der Waals surface area contributed by atoms with Crippen LogP contribution in [0.2, 0.25) is 5.02 Å². The summed E-state index contributed by atoms with van der Waals surface area (Å²) in [6.45, 7) is 1.79. The number of hydrogen-bond donors (Lipinski definition) is 1. The van der Waals surface area contributed by atoms with E-state index in [4.69, 9.17) is 20.8 Å². The highest BCUT2D eigenvalue weighted by atomic mass is 35.5. The molecule has 1 amide bonds. The summed E-state index contributed by atoms with van der Waals surface area (Å²) < 4.78 is 24.7. The third kappa shape index (κ3) is 4.50. The number of hydrogen-bond acceptors (Lipinski definition) is 4. The van der Waals surface area contributed by atoms with Crippen LogP contribution in [0.15, 0.2) is 77.2 Å². The van der Waals surface area contributed by atoms with Gasteiger partial charge in [-0.05, 0) is 67.1 Å². The highest BCUT2D eigenvalue weighted by Crippen LogP contribution is 2.33. The van der Waals surface area contributed by atoms with Gasteiger partial charge in [-0.25, -0.2) is 4.39 Å². The van der Waals surface area contributed by atoms with Crippen molar-refractivity contribution in [1.82, 2.24) is 0 Å². The second-order valence-electron chi connectivity index (χ2n) is 7.10. The zero-order valence-corrected chi connectivity index (χ0v) is 17.9. The van der Waals surface area contributed by atoms with Crippen molar-refractivity contribution >= 4 is 39.9 Å². The molecule has 0 unspecified atom stereocenters. The predicted octanol–water partition coefficient (Wildman–Crippen LogP) is 6.25. The number of fused-ring (bicyclic) bond motifs is 1. The molecule has 0 aliphatic carbocycles. The molecule has 1 aromatic heterocycles. The topological polar surface area (TPSA) is 68.5 Å². The highest BCUT2D eigenvalue weighted by molar-refractivity contribution is 6.30. The quantitative estimate of drug-likeness (QED) is 0.337. The Morgan fingerprint density at radius 1 is 1.03 bits per heavy atom. The molecule has 1 heterocycles. The van der Waals surface area contributed by atoms with Crippen LogP contribution in [-0.4, -0.2) is 17.8 Å². The van der Waals surface area contributed by atoms with Gasteiger partial charge < -0.3 is 14.5 Å². The molecule has 0 aliphatic heterocycles. The van der Waals surface area contributed by atoms with E-state index in [-0.39, 0.29) is 17.2 Å². The van der Waals surface area contributed by atoms with Crippen molar-refractivity contribution in [1.29, 1.82) is 0 Å². The lowest BCUT2D eigenvalue weighted by atomic mass is 10.1. The molecule has 0 fully saturated rings. The van der Waals surface area contributed by atoms with Crippen molar-refractivity contribution in [3.63, 3.8) is 0 Å². The monoisotopic (exact) mass is 451 g/mol. The molecule has 7 heteroatoms. The zero-order chi connectivity index (χ0) is 22.7. The SMILES string of the molecule is CC[C@H](Oc1ccc(F)cc1)C(=O)Nc1c(C(=O)c2ccc(Cl)cc2)oc2ccccc12. The third-order valence-corrected chi connectivity index (χ3v) is 5.16. The lowest BCUT2D eigenvalue weighted by Crippen LogP contribution is -2.32. The van der Waals surface area contributed by atoms with Gasteiger partial charge in [-0.3, -0.25) is 9.59 Å². The van der Waals surface area contributed by atoms with Crippen molar-refractivity contribution in [2.75, 3.05) is 5.32 Å². The van der Waals surface area contributed by atoms with Gasteiger partial charge in [0.05, 0.1) is 5.69 Å². The van der Waals surface area contributed by atoms with E-state index in [1.165, 1.54) is 24.3 Å². The minimum Gasteiger partial charge on any atom is -0.481 e. The number of furan rings is 1. The van der Waals surface area contributed by atoms with E-state index < -0.39 is 17.8 Å². The van der Waals surface area contributed by atoms with Gasteiger partial charge in [0.1, 0.15) is 17.1 Å². The van der Waals surface area contributed by atoms with Gasteiger partial charge in [0.2, 0.25) is 5.78 Å². The maximum absolute atomic E-state index is 13.2. The summed E-state index contributed by atoms with van der Waals surface area (Å²) in [5, 5.41) is 3.90. The molecule has 0 spiro atoms. The number of halogens is 2. The Kier molecular flexibility index (Phi) is 6.23. The summed E-state index contributed by atoms with van der Waals surface area (Å²) in [7, 11) is 0. The van der Waals surface area contributed by atoms with Gasteiger partial charge in [-0.1, -0.05) is 30.7 Å². The number of para-hydroxylation sites is 1. The first-order chi connectivity index (χ1) is 15.5. The van der Waals surface area contributed by atoms with E-state index in [1.807, 2.05) is 0 Å². The molecule has 4 aromatic rings. The van der Waals surface area contributed by atoms with Crippen LogP contribution in [0.1, 0.15) is 29.5 Å². The molecule has 0 aliphatic rings. The first-order valence-corrected chi connectivity index (χ1v) is 10.4. The van der Waals surface area contributed by atoms with E-state index in [0.717, 1.165) is 0 Å². The van der Waals surface area contributed by atoms with Crippen LogP contribution < -0.4 is 10.1 Å². The fraction of sp³-hybridized carbons (Fsp3) is 0.120. The van der Waals surface area contributed by atoms with Crippen LogP contribution >= 0.6 is 11.6 Å². The predicted molar refractivity (Wildman–Crippen MR) is 121 cm³/mol. The van der Waals surface area contributed by atoms with E-state index in [0.29, 0.717) is 33.7 Å². The summed E-state index contributed by atoms with van der Waals surface area (Å²) in [6, 6.07) is 18.9. The van der Waals surface area contributed by atoms with E-state index in [9.17, 15) is 14.0 Å². The molecule has 4 rings (SSSR count). The Hall–Kier alpha value is -3.64. The normalized spacial score (nSPS) is 11.8. The Balaban J connectivity index is 1.65. The van der Waals surface area contributed by atoms with Crippen molar-refractivity contribution in [2.45, 2.75) is 19.4 Å². The minimum absolute atomic E-state index is 0.0125. The smallest absolute Gasteiger partial charge is 0.265 e. The van der Waals surface area contributed by atoms with Gasteiger partial charge in [0.15, 0.2) is 11.9 Å². The Labute approximate surface area is 188 Å². The van der Waals surface area contributed by atoms with Crippen LogP contribution in [0.5, 0.6) is 5.75 Å². The number of ketones is 1. The highest BCUT2D eigenvalue weighted by Gasteiger charge is 2.26. The van der Waals surface area contributed by atoms with Gasteiger partial charge in [-0.15, -0.1) is 0 Å². The molecule has 162 valence electrons. The van der Waals surface area contributed by atoms with Gasteiger partial charge in [0, 0.05) is 16.0 Å². The Bertz CT molecular complexity index is 1270. The molecule has 3 aromatic carbocycles. The van der Waals surface area contributed by atoms with Crippen LogP contribution in [0, 0.1) is 5.82 Å². The van der Waals surface area contributed by atoms with Crippen molar-refractivity contribution in [2.24, 2.45) is 0 Å². The van der Waals surface area contributed by atoms with E-state index in [2.05, 4.69) is 5.32 Å². The summed E-state index contributed by atoms with van der Waals surface area (Å²) in [6.07, 6.45) is -0.493. The molecule has 1 atom stereocenters. The average molecular weight is 452 g/mol. The zero-order valence-electron chi connectivity index (χ0n) is 17.1. The minimum atomic E-state index is -0.854. The van der Waals surface area contributed by atoms with Crippen LogP contribution in [0.3, 0.4) is 0 Å². The Morgan fingerprint density at radius 3 is 2.41 bits per heavy atom. The first-order valence-electron chi connectivity index (χ1n) is 10.0. The number of carbonyl (C=O) groups excluding carboxylic acids is 2. The fourth-order valence-electron chi connectivity index (χ4n) is 3.27. The summed E-state index contributed by atoms with van der Waals surface area (Å²) in [5.74, 6) is -0.860. The molecule has 0 radical (unpaired) electrons. The third-order valence-electron chi connectivity index (χ3n) is 4.91. The summed E-state index contributed by atoms with van der Waals surface area (Å²) >= 11 is 5.93. The van der Waals surface area contributed by atoms with Gasteiger partial charge >= 0.3 is 0 Å². The number of anilines is 1. The largest absolute Gasteiger partial charge is 0.481 e. The second-order valence-corrected chi connectivity index (χ2v) is 7.53. The number of amides is 1. The number of benzene rings is 3. The standard InChI is InChI=1S/C25H19ClFNO4/c1-2-20(31-18-13-11-17(27)12-14-18)25(30)28-22-19-5-3-4-6-21(19)32-24(22)23(29)15-7-9-16(26)10-8-15/h3-14,20H,2H2,1H3,(H,28,30)/t20-/m0/s1. The lowest BCUT2D eigenvalue weighted by molar-refractivity contribution is -0.122. The maximum atomic E-state index is 13.2. The molecular weight excluding hydrogens is 433 g/mol. The van der Waals surface area contributed by atoms with Gasteiger partial charge in [0.25, 0.3) is 5.91 Å². The van der Waals surface area contributed by atoms with E-state index >= 15 is 0 Å². The lowest BCUT2D eigenvalue weighted by Gasteiger charge is -2.17. The second kappa shape index (κ2) is 9.24. The first kappa shape index (κ1) is 21.6. The van der Waals surface area contributed by atoms with Crippen molar-refractivity contribution < 1.29 is 23.1 Å². The molecular formula is C25H19ClFNO4. The van der Waals surface area contributed by atoms with Crippen molar-refractivity contribution in [3.8, 4) is 5.75 Å². The molecule has 0 bridgehead atoms. The van der Waals surface area contributed by atoms with Crippen LogP contribution in [-0.2, 0) is 4.79 Å². The van der Waals surface area contributed by atoms with Crippen molar-refractivity contribution in [3.05, 3.63) is 95.0 Å². The molecule has 1 N–H and O–H groups in total. The number of ether oxygens (including phenoxy) is 1. The summed E-state index contributed by atoms with van der Waals surface area (Å²) in [5.41, 5.74) is 1.11. The van der Waals surface area contributed by atoms with E-state index in [1.54, 1.807) is 55.5 Å². The number of carbonyl (C=O) groups is 2. The number of nitrogens with one attached hydrogen (secondary N) is 1. The van der Waals surface area contributed by atoms with Crippen LogP contribution in [0.4, 0.5) is 10.1 Å². The van der Waals surface area contributed by atoms with Gasteiger partial charge in [-0.2, -0.15) is 0 Å².